The zero-order valence-electron chi connectivity index (χ0n) is 11.8. The molecule has 0 saturated carbocycles. The lowest BCUT2D eigenvalue weighted by atomic mass is 10.0. The van der Waals surface area contributed by atoms with E-state index in [0.29, 0.717) is 11.7 Å². The Labute approximate surface area is 119 Å². The quantitative estimate of drug-likeness (QED) is 0.805. The average molecular weight is 281 g/mol. The maximum Gasteiger partial charge on any atom is 0.110 e. The van der Waals surface area contributed by atoms with Gasteiger partial charge in [0.25, 0.3) is 0 Å². The normalized spacial score (nSPS) is 14.0. The summed E-state index contributed by atoms with van der Waals surface area (Å²) >= 11 is 6.13. The van der Waals surface area contributed by atoms with E-state index < -0.39 is 6.10 Å². The van der Waals surface area contributed by atoms with Gasteiger partial charge in [0.1, 0.15) is 5.15 Å². The second-order valence-corrected chi connectivity index (χ2v) is 6.36. The smallest absolute Gasteiger partial charge is 0.110 e. The Hall–Kier alpha value is -1.03. The number of halogens is 1. The van der Waals surface area contributed by atoms with Crippen molar-refractivity contribution in [2.24, 2.45) is 0 Å². The first-order valence-corrected chi connectivity index (χ1v) is 6.87. The van der Waals surface area contributed by atoms with Gasteiger partial charge in [0.15, 0.2) is 0 Å². The highest BCUT2D eigenvalue weighted by atomic mass is 35.5. The first kappa shape index (κ1) is 14.4. The molecule has 0 aliphatic carbocycles. The van der Waals surface area contributed by atoms with Gasteiger partial charge in [0.05, 0.1) is 6.10 Å². The molecule has 1 heterocycles. The van der Waals surface area contributed by atoms with Gasteiger partial charge in [-0.3, -0.25) is 0 Å². The van der Waals surface area contributed by atoms with E-state index in [1.54, 1.807) is 0 Å². The van der Waals surface area contributed by atoms with Crippen LogP contribution in [0.2, 0.25) is 5.15 Å². The fourth-order valence-electron chi connectivity index (χ4n) is 2.21. The molecule has 0 aliphatic rings. The molecule has 3 nitrogen and oxygen atoms in total. The molecule has 0 saturated heterocycles. The lowest BCUT2D eigenvalue weighted by Crippen LogP contribution is -2.38. The largest absolute Gasteiger partial charge is 0.387 e. The van der Waals surface area contributed by atoms with Gasteiger partial charge in [0.2, 0.25) is 0 Å². The summed E-state index contributed by atoms with van der Waals surface area (Å²) in [6.07, 6.45) is -0.548. The van der Waals surface area contributed by atoms with E-state index in [1.165, 1.54) is 0 Å². The maximum absolute atomic E-state index is 10.4. The molecular formula is C15H21ClN2O. The molecule has 0 unspecified atom stereocenters. The van der Waals surface area contributed by atoms with Crippen LogP contribution < -0.4 is 5.32 Å². The summed E-state index contributed by atoms with van der Waals surface area (Å²) in [5.41, 5.74) is 2.85. The third-order valence-electron chi connectivity index (χ3n) is 3.23. The van der Waals surface area contributed by atoms with Crippen molar-refractivity contribution in [2.45, 2.75) is 39.3 Å². The first-order chi connectivity index (χ1) is 8.79. The summed E-state index contributed by atoms with van der Waals surface area (Å²) in [6.45, 7) is 8.73. The summed E-state index contributed by atoms with van der Waals surface area (Å²) < 4.78 is 0. The predicted octanol–water partition coefficient (Wildman–Crippen LogP) is 3.55. The molecule has 2 aromatic rings. The van der Waals surface area contributed by atoms with Crippen molar-refractivity contribution in [3.05, 3.63) is 34.5 Å². The molecule has 0 radical (unpaired) electrons. The van der Waals surface area contributed by atoms with E-state index in [2.05, 4.69) is 31.1 Å². The van der Waals surface area contributed by atoms with Gasteiger partial charge in [-0.15, -0.1) is 0 Å². The van der Waals surface area contributed by atoms with Crippen LogP contribution in [-0.2, 0) is 0 Å². The monoisotopic (exact) mass is 280 g/mol. The molecule has 1 aromatic carbocycles. The Kier molecular flexibility index (Phi) is 3.90. The summed E-state index contributed by atoms with van der Waals surface area (Å²) in [4.78, 5) is 3.13. The molecule has 0 fully saturated rings. The SMILES string of the molecule is Cc1c(Cl)[nH]c2cccc([C@@H](O)CNC(C)(C)C)c12. The second-order valence-electron chi connectivity index (χ2n) is 5.98. The van der Waals surface area contributed by atoms with E-state index in [1.807, 2.05) is 25.1 Å². The highest BCUT2D eigenvalue weighted by Gasteiger charge is 2.18. The lowest BCUT2D eigenvalue weighted by Gasteiger charge is -2.23. The van der Waals surface area contributed by atoms with Crippen molar-refractivity contribution in [3.8, 4) is 0 Å². The van der Waals surface area contributed by atoms with E-state index in [4.69, 9.17) is 11.6 Å². The summed E-state index contributed by atoms with van der Waals surface area (Å²) in [6, 6.07) is 5.86. The van der Waals surface area contributed by atoms with Crippen LogP contribution >= 0.6 is 11.6 Å². The Bertz CT molecular complexity index is 584. The predicted molar refractivity (Wildman–Crippen MR) is 80.8 cm³/mol. The Morgan fingerprint density at radius 3 is 2.68 bits per heavy atom. The van der Waals surface area contributed by atoms with Crippen molar-refractivity contribution in [1.29, 1.82) is 0 Å². The molecule has 0 amide bonds. The number of β-amino-alcohol motifs (C(OH)–C–C–N with tert-alkyl or cyclic N) is 1. The van der Waals surface area contributed by atoms with E-state index in [-0.39, 0.29) is 5.54 Å². The van der Waals surface area contributed by atoms with Crippen LogP contribution in [0.4, 0.5) is 0 Å². The third kappa shape index (κ3) is 3.11. The van der Waals surface area contributed by atoms with E-state index >= 15 is 0 Å². The number of aromatic nitrogens is 1. The van der Waals surface area contributed by atoms with Crippen molar-refractivity contribution in [2.75, 3.05) is 6.54 Å². The van der Waals surface area contributed by atoms with Gasteiger partial charge in [0, 0.05) is 23.0 Å². The molecule has 2 rings (SSSR count). The number of aryl methyl sites for hydroxylation is 1. The van der Waals surface area contributed by atoms with Crippen LogP contribution in [0.25, 0.3) is 10.9 Å². The number of rotatable bonds is 3. The molecule has 1 aromatic heterocycles. The fourth-order valence-corrected chi connectivity index (χ4v) is 2.40. The van der Waals surface area contributed by atoms with Crippen LogP contribution in [-0.4, -0.2) is 22.2 Å². The summed E-state index contributed by atoms with van der Waals surface area (Å²) in [7, 11) is 0. The van der Waals surface area contributed by atoms with E-state index in [9.17, 15) is 5.11 Å². The van der Waals surface area contributed by atoms with Gasteiger partial charge in [-0.05, 0) is 44.9 Å². The molecule has 3 N–H and O–H groups in total. The van der Waals surface area contributed by atoms with Crippen LogP contribution in [0.3, 0.4) is 0 Å². The zero-order chi connectivity index (χ0) is 14.2. The Morgan fingerprint density at radius 1 is 1.37 bits per heavy atom. The number of aliphatic hydroxyl groups is 1. The van der Waals surface area contributed by atoms with E-state index in [0.717, 1.165) is 22.0 Å². The highest BCUT2D eigenvalue weighted by Crippen LogP contribution is 2.31. The van der Waals surface area contributed by atoms with Crippen LogP contribution in [0.1, 0.15) is 38.0 Å². The number of hydrogen-bond donors (Lipinski definition) is 3. The maximum atomic E-state index is 10.4. The molecule has 1 atom stereocenters. The third-order valence-corrected chi connectivity index (χ3v) is 3.61. The fraction of sp³-hybridized carbons (Fsp3) is 0.467. The number of fused-ring (bicyclic) bond motifs is 1. The molecule has 104 valence electrons. The van der Waals surface area contributed by atoms with Crippen molar-refractivity contribution in [1.82, 2.24) is 10.3 Å². The summed E-state index contributed by atoms with van der Waals surface area (Å²) in [5, 5.41) is 15.4. The number of aliphatic hydroxyl groups excluding tert-OH is 1. The van der Waals surface area contributed by atoms with Gasteiger partial charge in [-0.25, -0.2) is 0 Å². The average Bonchev–Trinajstić information content (AvgIpc) is 2.61. The lowest BCUT2D eigenvalue weighted by molar-refractivity contribution is 0.164. The topological polar surface area (TPSA) is 48.0 Å². The first-order valence-electron chi connectivity index (χ1n) is 6.49. The van der Waals surface area contributed by atoms with Gasteiger partial charge in [-0.1, -0.05) is 23.7 Å². The molecular weight excluding hydrogens is 260 g/mol. The highest BCUT2D eigenvalue weighted by molar-refractivity contribution is 6.31. The number of benzene rings is 1. The number of hydrogen-bond acceptors (Lipinski definition) is 2. The standard InChI is InChI=1S/C15H21ClN2O/c1-9-13-10(12(19)8-17-15(2,3)4)6-5-7-11(13)18-14(9)16/h5-7,12,17-19H,8H2,1-4H3/t12-/m0/s1. The molecule has 19 heavy (non-hydrogen) atoms. The van der Waals surface area contributed by atoms with Crippen molar-refractivity contribution < 1.29 is 5.11 Å². The Morgan fingerprint density at radius 2 is 2.05 bits per heavy atom. The zero-order valence-corrected chi connectivity index (χ0v) is 12.6. The minimum atomic E-state index is -0.548. The van der Waals surface area contributed by atoms with Crippen LogP contribution in [0.15, 0.2) is 18.2 Å². The summed E-state index contributed by atoms with van der Waals surface area (Å²) in [5.74, 6) is 0. The van der Waals surface area contributed by atoms with Gasteiger partial charge < -0.3 is 15.4 Å². The molecule has 4 heteroatoms. The van der Waals surface area contributed by atoms with Crippen molar-refractivity contribution >= 4 is 22.5 Å². The number of H-pyrrole nitrogens is 1. The number of aromatic amines is 1. The van der Waals surface area contributed by atoms with Gasteiger partial charge >= 0.3 is 0 Å². The Balaban J connectivity index is 2.34. The molecule has 0 spiro atoms. The minimum Gasteiger partial charge on any atom is -0.387 e. The van der Waals surface area contributed by atoms with Crippen LogP contribution in [0, 0.1) is 6.92 Å². The van der Waals surface area contributed by atoms with Crippen LogP contribution in [0.5, 0.6) is 0 Å². The second kappa shape index (κ2) is 5.16. The molecule has 0 aliphatic heterocycles. The minimum absolute atomic E-state index is 0.0142. The number of nitrogens with one attached hydrogen (secondary N) is 2. The molecule has 0 bridgehead atoms. The van der Waals surface area contributed by atoms with Gasteiger partial charge in [-0.2, -0.15) is 0 Å². The van der Waals surface area contributed by atoms with Crippen molar-refractivity contribution in [3.63, 3.8) is 0 Å².